The Morgan fingerprint density at radius 1 is 0.759 bits per heavy atom. The van der Waals surface area contributed by atoms with Crippen LogP contribution in [0.15, 0.2) is 94.7 Å². The van der Waals surface area contributed by atoms with Crippen LogP contribution in [-0.4, -0.2) is 26.4 Å². The van der Waals surface area contributed by atoms with Crippen molar-refractivity contribution in [3.05, 3.63) is 111 Å². The van der Waals surface area contributed by atoms with E-state index in [0.29, 0.717) is 28.0 Å². The molecule has 4 rings (SSSR count). The Kier molecular flexibility index (Phi) is 5.79. The molecular weight excluding hydrogens is 425 g/mol. The van der Waals surface area contributed by atoms with Gasteiger partial charge in [-0.3, -0.25) is 4.90 Å². The summed E-state index contributed by atoms with van der Waals surface area (Å²) < 4.78 is 25.2. The van der Waals surface area contributed by atoms with Gasteiger partial charge in [0.2, 0.25) is 0 Å². The summed E-state index contributed by atoms with van der Waals surface area (Å²) >= 11 is 12.1. The molecule has 0 atom stereocenters. The predicted octanol–water partition coefficient (Wildman–Crippen LogP) is 5.76. The Bertz CT molecular complexity index is 1070. The quantitative estimate of drug-likeness (QED) is 0.503. The number of hydrogen-bond donors (Lipinski definition) is 0. The SMILES string of the molecule is O=S(=O)(C=C1CN(C(c2ccc(Cl)cc2)c2ccc(Cl)cc2)C1)c1ccccc1. The Balaban J connectivity index is 1.59. The van der Waals surface area contributed by atoms with E-state index in [0.717, 1.165) is 16.7 Å². The number of rotatable bonds is 5. The van der Waals surface area contributed by atoms with E-state index in [2.05, 4.69) is 4.90 Å². The van der Waals surface area contributed by atoms with Gasteiger partial charge in [-0.25, -0.2) is 8.42 Å². The van der Waals surface area contributed by atoms with Crippen molar-refractivity contribution in [2.24, 2.45) is 0 Å². The van der Waals surface area contributed by atoms with E-state index >= 15 is 0 Å². The zero-order valence-corrected chi connectivity index (χ0v) is 17.8. The molecule has 29 heavy (non-hydrogen) atoms. The summed E-state index contributed by atoms with van der Waals surface area (Å²) in [6.07, 6.45) is 0. The summed E-state index contributed by atoms with van der Waals surface area (Å²) in [6.45, 7) is 1.17. The lowest BCUT2D eigenvalue weighted by atomic mass is 9.93. The summed E-state index contributed by atoms with van der Waals surface area (Å²) in [5.41, 5.74) is 3.09. The average Bonchev–Trinajstić information content (AvgIpc) is 2.69. The maximum absolute atomic E-state index is 12.6. The van der Waals surface area contributed by atoms with Gasteiger partial charge in [-0.15, -0.1) is 0 Å². The lowest BCUT2D eigenvalue weighted by Crippen LogP contribution is -2.43. The van der Waals surface area contributed by atoms with Crippen molar-refractivity contribution >= 4 is 33.0 Å². The Hall–Kier alpha value is -2.11. The highest BCUT2D eigenvalue weighted by atomic mass is 35.5. The minimum atomic E-state index is -3.43. The Morgan fingerprint density at radius 2 is 1.24 bits per heavy atom. The van der Waals surface area contributed by atoms with Crippen molar-refractivity contribution in [2.75, 3.05) is 13.1 Å². The lowest BCUT2D eigenvalue weighted by molar-refractivity contribution is 0.202. The van der Waals surface area contributed by atoms with Crippen LogP contribution in [0.25, 0.3) is 0 Å². The zero-order chi connectivity index (χ0) is 20.4. The molecule has 3 nitrogen and oxygen atoms in total. The molecule has 1 heterocycles. The largest absolute Gasteiger partial charge is 0.284 e. The van der Waals surface area contributed by atoms with Gasteiger partial charge in [0, 0.05) is 28.5 Å². The molecule has 1 fully saturated rings. The molecule has 0 aliphatic carbocycles. The van der Waals surface area contributed by atoms with E-state index in [9.17, 15) is 8.42 Å². The second kappa shape index (κ2) is 8.33. The summed E-state index contributed by atoms with van der Waals surface area (Å²) in [7, 11) is -3.43. The maximum Gasteiger partial charge on any atom is 0.199 e. The van der Waals surface area contributed by atoms with Crippen LogP contribution >= 0.6 is 23.2 Å². The monoisotopic (exact) mass is 443 g/mol. The summed E-state index contributed by atoms with van der Waals surface area (Å²) in [5, 5.41) is 2.77. The molecule has 1 saturated heterocycles. The van der Waals surface area contributed by atoms with Crippen molar-refractivity contribution in [1.29, 1.82) is 0 Å². The van der Waals surface area contributed by atoms with E-state index in [4.69, 9.17) is 23.2 Å². The van der Waals surface area contributed by atoms with Crippen LogP contribution in [0.5, 0.6) is 0 Å². The third-order valence-electron chi connectivity index (χ3n) is 4.94. The summed E-state index contributed by atoms with van der Waals surface area (Å²) in [5.74, 6) is 0. The van der Waals surface area contributed by atoms with Gasteiger partial charge >= 0.3 is 0 Å². The van der Waals surface area contributed by atoms with Crippen LogP contribution in [0, 0.1) is 0 Å². The molecule has 1 aliphatic heterocycles. The Labute approximate surface area is 181 Å². The van der Waals surface area contributed by atoms with Crippen molar-refractivity contribution in [3.8, 4) is 0 Å². The van der Waals surface area contributed by atoms with Crippen molar-refractivity contribution in [1.82, 2.24) is 4.90 Å². The highest BCUT2D eigenvalue weighted by Gasteiger charge is 2.31. The number of hydrogen-bond acceptors (Lipinski definition) is 3. The van der Waals surface area contributed by atoms with E-state index in [1.54, 1.807) is 30.3 Å². The molecule has 6 heteroatoms. The normalized spacial score (nSPS) is 14.7. The van der Waals surface area contributed by atoms with E-state index < -0.39 is 9.84 Å². The van der Waals surface area contributed by atoms with E-state index in [-0.39, 0.29) is 6.04 Å². The topological polar surface area (TPSA) is 37.4 Å². The van der Waals surface area contributed by atoms with Crippen molar-refractivity contribution in [2.45, 2.75) is 10.9 Å². The fourth-order valence-electron chi connectivity index (χ4n) is 3.53. The van der Waals surface area contributed by atoms with Gasteiger partial charge in [-0.1, -0.05) is 65.7 Å². The van der Waals surface area contributed by atoms with Crippen molar-refractivity contribution < 1.29 is 8.42 Å². The van der Waals surface area contributed by atoms with Gasteiger partial charge in [0.25, 0.3) is 0 Å². The summed E-state index contributed by atoms with van der Waals surface area (Å²) in [4.78, 5) is 2.55. The first-order valence-corrected chi connectivity index (χ1v) is 11.5. The molecule has 0 unspecified atom stereocenters. The third-order valence-corrected chi connectivity index (χ3v) is 7.02. The summed E-state index contributed by atoms with van der Waals surface area (Å²) in [6, 6.07) is 24.0. The second-order valence-electron chi connectivity index (χ2n) is 7.04. The standard InChI is InChI=1S/C23H19Cl2NO2S/c24-20-10-6-18(7-11-20)23(19-8-12-21(25)13-9-19)26-14-17(15-26)16-29(27,28)22-4-2-1-3-5-22/h1-13,16,23H,14-15H2. The predicted molar refractivity (Wildman–Crippen MR) is 118 cm³/mol. The Morgan fingerprint density at radius 3 is 1.72 bits per heavy atom. The first-order chi connectivity index (χ1) is 13.9. The van der Waals surface area contributed by atoms with Gasteiger partial charge < -0.3 is 0 Å². The molecule has 0 bridgehead atoms. The highest BCUT2D eigenvalue weighted by molar-refractivity contribution is 7.94. The molecule has 0 saturated carbocycles. The van der Waals surface area contributed by atoms with Crippen LogP contribution < -0.4 is 0 Å². The number of halogens is 2. The first-order valence-electron chi connectivity index (χ1n) is 9.17. The minimum absolute atomic E-state index is 0.00103. The van der Waals surface area contributed by atoms with E-state index in [1.165, 1.54) is 5.41 Å². The maximum atomic E-state index is 12.6. The molecular formula is C23H19Cl2NO2S. The van der Waals surface area contributed by atoms with E-state index in [1.807, 2.05) is 48.5 Å². The molecule has 0 radical (unpaired) electrons. The molecule has 0 amide bonds. The average molecular weight is 444 g/mol. The smallest absolute Gasteiger partial charge is 0.199 e. The second-order valence-corrected chi connectivity index (χ2v) is 9.71. The number of benzene rings is 3. The van der Waals surface area contributed by atoms with Crippen molar-refractivity contribution in [3.63, 3.8) is 0 Å². The number of sulfone groups is 1. The van der Waals surface area contributed by atoms with Gasteiger partial charge in [0.15, 0.2) is 9.84 Å². The number of likely N-dealkylation sites (tertiary alicyclic amines) is 1. The molecule has 3 aromatic carbocycles. The number of nitrogens with zero attached hydrogens (tertiary/aromatic N) is 1. The third kappa shape index (κ3) is 4.57. The van der Waals surface area contributed by atoms with Crippen LogP contribution in [0.3, 0.4) is 0 Å². The van der Waals surface area contributed by atoms with Gasteiger partial charge in [-0.2, -0.15) is 0 Å². The van der Waals surface area contributed by atoms with Crippen LogP contribution in [0.4, 0.5) is 0 Å². The fraction of sp³-hybridized carbons (Fsp3) is 0.130. The molecule has 148 valence electrons. The zero-order valence-electron chi connectivity index (χ0n) is 15.5. The molecule has 1 aliphatic rings. The molecule has 0 spiro atoms. The molecule has 0 N–H and O–H groups in total. The lowest BCUT2D eigenvalue weighted by Gasteiger charge is -2.41. The van der Waals surface area contributed by atoms with Crippen LogP contribution in [0.1, 0.15) is 17.2 Å². The first kappa shape index (κ1) is 20.2. The van der Waals surface area contributed by atoms with Gasteiger partial charge in [0.05, 0.1) is 10.9 Å². The molecule has 0 aromatic heterocycles. The van der Waals surface area contributed by atoms with Crippen LogP contribution in [-0.2, 0) is 9.84 Å². The minimum Gasteiger partial charge on any atom is -0.284 e. The van der Waals surface area contributed by atoms with Crippen LogP contribution in [0.2, 0.25) is 10.0 Å². The van der Waals surface area contributed by atoms with Gasteiger partial charge in [0.1, 0.15) is 0 Å². The molecule has 3 aromatic rings. The fourth-order valence-corrected chi connectivity index (χ4v) is 5.05. The van der Waals surface area contributed by atoms with Gasteiger partial charge in [-0.05, 0) is 53.1 Å². The highest BCUT2D eigenvalue weighted by Crippen LogP contribution is 2.35.